The van der Waals surface area contributed by atoms with Gasteiger partial charge < -0.3 is 10.5 Å². The Labute approximate surface area is 92.5 Å². The summed E-state index contributed by atoms with van der Waals surface area (Å²) in [6.45, 7) is 1.56. The largest absolute Gasteiger partial charge is 0.481 e. The highest BCUT2D eigenvalue weighted by Gasteiger charge is 2.12. The van der Waals surface area contributed by atoms with Crippen LogP contribution in [-0.4, -0.2) is 17.9 Å². The third-order valence-electron chi connectivity index (χ3n) is 1.96. The second-order valence-electron chi connectivity index (χ2n) is 3.16. The summed E-state index contributed by atoms with van der Waals surface area (Å²) < 4.78 is 5.26. The van der Waals surface area contributed by atoms with E-state index < -0.39 is 17.9 Å². The normalized spacial score (nSPS) is 11.6. The van der Waals surface area contributed by atoms with Gasteiger partial charge in [-0.2, -0.15) is 0 Å². The minimum atomic E-state index is -0.704. The molecule has 1 aromatic rings. The molecule has 1 unspecified atom stereocenters. The second-order valence-corrected chi connectivity index (χ2v) is 3.16. The number of rotatable bonds is 4. The number of hydrogen-bond donors (Lipinski definition) is 3. The number of carbonyl (C=O) groups is 2. The van der Waals surface area contributed by atoms with Crippen molar-refractivity contribution in [3.05, 3.63) is 29.8 Å². The molecule has 0 heterocycles. The number of primary amides is 1. The summed E-state index contributed by atoms with van der Waals surface area (Å²) in [4.78, 5) is 21.8. The lowest BCUT2D eigenvalue weighted by molar-refractivity contribution is -0.127. The smallest absolute Gasteiger partial charge is 0.274 e. The highest BCUT2D eigenvalue weighted by atomic mass is 16.5. The lowest BCUT2D eigenvalue weighted by Gasteiger charge is -2.12. The van der Waals surface area contributed by atoms with E-state index in [-0.39, 0.29) is 0 Å². The van der Waals surface area contributed by atoms with Gasteiger partial charge in [0.15, 0.2) is 6.10 Å². The van der Waals surface area contributed by atoms with E-state index in [1.54, 1.807) is 19.1 Å². The molecule has 0 radical (unpaired) electrons. The molecule has 1 rings (SSSR count). The van der Waals surface area contributed by atoms with Gasteiger partial charge in [0.25, 0.3) is 5.91 Å². The topological polar surface area (TPSA) is 107 Å². The number of hydrazine groups is 1. The van der Waals surface area contributed by atoms with E-state index in [0.29, 0.717) is 11.3 Å². The molecule has 0 saturated carbocycles. The van der Waals surface area contributed by atoms with Gasteiger partial charge in [-0.1, -0.05) is 0 Å². The molecule has 6 nitrogen and oxygen atoms in total. The quantitative estimate of drug-likeness (QED) is 0.364. The molecule has 0 saturated heterocycles. The Morgan fingerprint density at radius 1 is 1.31 bits per heavy atom. The summed E-state index contributed by atoms with van der Waals surface area (Å²) in [7, 11) is 0. The molecule has 0 aromatic heterocycles. The minimum Gasteiger partial charge on any atom is -0.481 e. The summed E-state index contributed by atoms with van der Waals surface area (Å²) in [6.07, 6.45) is -0.704. The standard InChI is InChI=1S/C10H13N3O3/c1-6(10(15)13-12)16-8-4-2-7(3-5-8)9(11)14/h2-6H,12H2,1H3,(H2,11,14)(H,13,15). The molecule has 0 bridgehead atoms. The third-order valence-corrected chi connectivity index (χ3v) is 1.96. The van der Waals surface area contributed by atoms with Crippen molar-refractivity contribution < 1.29 is 14.3 Å². The molecule has 0 fully saturated rings. The number of nitrogens with one attached hydrogen (secondary N) is 1. The van der Waals surface area contributed by atoms with Crippen LogP contribution in [0.3, 0.4) is 0 Å². The van der Waals surface area contributed by atoms with Crippen molar-refractivity contribution in [3.8, 4) is 5.75 Å². The van der Waals surface area contributed by atoms with Gasteiger partial charge in [-0.25, -0.2) is 5.84 Å². The summed E-state index contributed by atoms with van der Waals surface area (Å²) in [5.41, 5.74) is 7.43. The van der Waals surface area contributed by atoms with Crippen molar-refractivity contribution in [1.29, 1.82) is 0 Å². The van der Waals surface area contributed by atoms with E-state index in [1.165, 1.54) is 12.1 Å². The van der Waals surface area contributed by atoms with Crippen LogP contribution >= 0.6 is 0 Å². The summed E-state index contributed by atoms with van der Waals surface area (Å²) in [5.74, 6) is 4.46. The first kappa shape index (κ1) is 12.0. The van der Waals surface area contributed by atoms with Crippen molar-refractivity contribution >= 4 is 11.8 Å². The Balaban J connectivity index is 2.68. The van der Waals surface area contributed by atoms with Gasteiger partial charge in [0.05, 0.1) is 0 Å². The van der Waals surface area contributed by atoms with Crippen LogP contribution in [0.25, 0.3) is 0 Å². The van der Waals surface area contributed by atoms with Crippen molar-refractivity contribution in [1.82, 2.24) is 5.43 Å². The first-order chi connectivity index (χ1) is 7.54. The van der Waals surface area contributed by atoms with Crippen molar-refractivity contribution in [3.63, 3.8) is 0 Å². The SMILES string of the molecule is CC(Oc1ccc(C(N)=O)cc1)C(=O)NN. The Hall–Kier alpha value is -2.08. The molecule has 0 aliphatic heterocycles. The zero-order valence-corrected chi connectivity index (χ0v) is 8.77. The van der Waals surface area contributed by atoms with Crippen LogP contribution in [0.2, 0.25) is 0 Å². The van der Waals surface area contributed by atoms with E-state index in [9.17, 15) is 9.59 Å². The van der Waals surface area contributed by atoms with Crippen LogP contribution in [0.4, 0.5) is 0 Å². The van der Waals surface area contributed by atoms with Gasteiger partial charge in [0.1, 0.15) is 5.75 Å². The Morgan fingerprint density at radius 2 is 1.88 bits per heavy atom. The first-order valence-electron chi connectivity index (χ1n) is 4.61. The molecule has 86 valence electrons. The first-order valence-corrected chi connectivity index (χ1v) is 4.61. The predicted octanol–water partition coefficient (Wildman–Crippen LogP) is -0.457. The molecule has 6 heteroatoms. The van der Waals surface area contributed by atoms with Gasteiger partial charge >= 0.3 is 0 Å². The molecule has 16 heavy (non-hydrogen) atoms. The summed E-state index contributed by atoms with van der Waals surface area (Å²) in [6, 6.07) is 6.15. The van der Waals surface area contributed by atoms with E-state index in [4.69, 9.17) is 16.3 Å². The zero-order valence-electron chi connectivity index (χ0n) is 8.77. The molecule has 0 aliphatic rings. The number of amides is 2. The summed E-state index contributed by atoms with van der Waals surface area (Å²) in [5, 5.41) is 0. The second kappa shape index (κ2) is 5.13. The maximum Gasteiger partial charge on any atom is 0.274 e. The highest BCUT2D eigenvalue weighted by molar-refractivity contribution is 5.92. The minimum absolute atomic E-state index is 0.378. The third kappa shape index (κ3) is 2.96. The number of carbonyl (C=O) groups excluding carboxylic acids is 2. The molecule has 0 aliphatic carbocycles. The Bertz CT molecular complexity index is 389. The fraction of sp³-hybridized carbons (Fsp3) is 0.200. The van der Waals surface area contributed by atoms with Crippen LogP contribution in [0.1, 0.15) is 17.3 Å². The monoisotopic (exact) mass is 223 g/mol. The fourth-order valence-electron chi connectivity index (χ4n) is 1.07. The lowest BCUT2D eigenvalue weighted by Crippen LogP contribution is -2.40. The molecular weight excluding hydrogens is 210 g/mol. The molecule has 5 N–H and O–H groups in total. The average molecular weight is 223 g/mol. The number of ether oxygens (including phenoxy) is 1. The highest BCUT2D eigenvalue weighted by Crippen LogP contribution is 2.13. The number of benzene rings is 1. The molecule has 0 spiro atoms. The van der Waals surface area contributed by atoms with Crippen LogP contribution in [-0.2, 0) is 4.79 Å². The van der Waals surface area contributed by atoms with E-state index in [1.807, 2.05) is 5.43 Å². The molecular formula is C10H13N3O3. The summed E-state index contributed by atoms with van der Waals surface area (Å²) >= 11 is 0. The van der Waals surface area contributed by atoms with Gasteiger partial charge in [-0.3, -0.25) is 15.0 Å². The van der Waals surface area contributed by atoms with Crippen LogP contribution in [0, 0.1) is 0 Å². The van der Waals surface area contributed by atoms with Crippen molar-refractivity contribution in [2.45, 2.75) is 13.0 Å². The molecule has 2 amide bonds. The Morgan fingerprint density at radius 3 is 2.31 bits per heavy atom. The molecule has 1 atom stereocenters. The van der Waals surface area contributed by atoms with Gasteiger partial charge in [-0.15, -0.1) is 0 Å². The van der Waals surface area contributed by atoms with Crippen LogP contribution in [0.5, 0.6) is 5.75 Å². The van der Waals surface area contributed by atoms with E-state index in [0.717, 1.165) is 0 Å². The fourth-order valence-corrected chi connectivity index (χ4v) is 1.07. The van der Waals surface area contributed by atoms with Crippen LogP contribution < -0.4 is 21.7 Å². The van der Waals surface area contributed by atoms with Gasteiger partial charge in [-0.05, 0) is 31.2 Å². The number of nitrogens with two attached hydrogens (primary N) is 2. The average Bonchev–Trinajstić information content (AvgIpc) is 2.28. The Kier molecular flexibility index (Phi) is 3.84. The lowest BCUT2D eigenvalue weighted by atomic mass is 10.2. The maximum atomic E-state index is 11.1. The van der Waals surface area contributed by atoms with Gasteiger partial charge in [0, 0.05) is 5.56 Å². The van der Waals surface area contributed by atoms with Crippen molar-refractivity contribution in [2.75, 3.05) is 0 Å². The maximum absolute atomic E-state index is 11.1. The van der Waals surface area contributed by atoms with Crippen LogP contribution in [0.15, 0.2) is 24.3 Å². The van der Waals surface area contributed by atoms with E-state index >= 15 is 0 Å². The van der Waals surface area contributed by atoms with Gasteiger partial charge in [0.2, 0.25) is 5.91 Å². The van der Waals surface area contributed by atoms with Crippen molar-refractivity contribution in [2.24, 2.45) is 11.6 Å². The predicted molar refractivity (Wildman–Crippen MR) is 57.4 cm³/mol. The zero-order chi connectivity index (χ0) is 12.1. The van der Waals surface area contributed by atoms with E-state index in [2.05, 4.69) is 0 Å². The number of hydrogen-bond acceptors (Lipinski definition) is 4. The molecule has 1 aromatic carbocycles.